The monoisotopic (exact) mass is 603 g/mol. The lowest BCUT2D eigenvalue weighted by atomic mass is 10.0. The van der Waals surface area contributed by atoms with Crippen LogP contribution in [0.25, 0.3) is 0 Å². The highest BCUT2D eigenvalue weighted by Crippen LogP contribution is 2.38. The first-order chi connectivity index (χ1) is 18.1. The van der Waals surface area contributed by atoms with Gasteiger partial charge in [0.1, 0.15) is 5.00 Å². The van der Waals surface area contributed by atoms with E-state index < -0.39 is 21.9 Å². The SMILES string of the molecule is CCOC(=O)c1c(NC(=O)c2ccc(S(=O)(=O)N(CCOC)CCOC)cc2)sc2c1CCN(C(C)C)C2.Cl. The first-order valence-corrected chi connectivity index (χ1v) is 14.8. The van der Waals surface area contributed by atoms with Gasteiger partial charge in [0.25, 0.3) is 5.91 Å². The van der Waals surface area contributed by atoms with E-state index in [4.69, 9.17) is 14.2 Å². The summed E-state index contributed by atoms with van der Waals surface area (Å²) in [6.45, 7) is 8.61. The summed E-state index contributed by atoms with van der Waals surface area (Å²) < 4.78 is 43.0. The van der Waals surface area contributed by atoms with Crippen LogP contribution in [0.5, 0.6) is 0 Å². The van der Waals surface area contributed by atoms with Crippen molar-refractivity contribution < 1.29 is 32.2 Å². The fourth-order valence-corrected chi connectivity index (χ4v) is 6.88. The molecule has 2 aromatic rings. The number of hydrogen-bond acceptors (Lipinski definition) is 9. The van der Waals surface area contributed by atoms with Gasteiger partial charge >= 0.3 is 5.97 Å². The topological polar surface area (TPSA) is 114 Å². The highest BCUT2D eigenvalue weighted by Gasteiger charge is 2.30. The van der Waals surface area contributed by atoms with Crippen LogP contribution in [0.4, 0.5) is 5.00 Å². The number of hydrogen-bond donors (Lipinski definition) is 1. The van der Waals surface area contributed by atoms with E-state index in [1.165, 1.54) is 54.1 Å². The van der Waals surface area contributed by atoms with Crippen molar-refractivity contribution in [2.24, 2.45) is 0 Å². The standard InChI is InChI=1S/C26H37N3O7S2.ClH/c1-6-36-26(31)23-21-11-12-28(18(2)3)17-22(21)37-25(23)27-24(30)19-7-9-20(10-8-19)38(32,33)29(13-15-34-4)14-16-35-5;/h7-10,18H,6,11-17H2,1-5H3,(H,27,30);1H. The van der Waals surface area contributed by atoms with Crippen LogP contribution in [0, 0.1) is 0 Å². The molecule has 39 heavy (non-hydrogen) atoms. The number of thiophene rings is 1. The van der Waals surface area contributed by atoms with E-state index in [1.54, 1.807) is 6.92 Å². The zero-order valence-electron chi connectivity index (χ0n) is 23.0. The highest BCUT2D eigenvalue weighted by molar-refractivity contribution is 7.89. The van der Waals surface area contributed by atoms with Crippen LogP contribution < -0.4 is 5.32 Å². The van der Waals surface area contributed by atoms with E-state index in [2.05, 4.69) is 24.1 Å². The lowest BCUT2D eigenvalue weighted by Gasteiger charge is -2.30. The molecular weight excluding hydrogens is 566 g/mol. The first-order valence-electron chi connectivity index (χ1n) is 12.6. The molecule has 0 saturated heterocycles. The molecule has 1 amide bonds. The third-order valence-corrected chi connectivity index (χ3v) is 9.41. The number of ether oxygens (including phenoxy) is 3. The minimum atomic E-state index is -3.81. The second-order valence-corrected chi connectivity index (χ2v) is 12.2. The lowest BCUT2D eigenvalue weighted by Crippen LogP contribution is -2.36. The second kappa shape index (κ2) is 15.1. The van der Waals surface area contributed by atoms with E-state index >= 15 is 0 Å². The van der Waals surface area contributed by atoms with Crippen molar-refractivity contribution in [2.75, 3.05) is 59.0 Å². The van der Waals surface area contributed by atoms with Gasteiger partial charge in [-0.1, -0.05) is 0 Å². The van der Waals surface area contributed by atoms with E-state index in [9.17, 15) is 18.0 Å². The molecular formula is C26H38ClN3O7S2. The third-order valence-electron chi connectivity index (χ3n) is 6.37. The Balaban J connectivity index is 0.00000533. The molecule has 1 aliphatic rings. The van der Waals surface area contributed by atoms with Crippen molar-refractivity contribution >= 4 is 50.6 Å². The van der Waals surface area contributed by atoms with Crippen LogP contribution in [-0.4, -0.2) is 89.2 Å². The number of methoxy groups -OCH3 is 2. The van der Waals surface area contributed by atoms with E-state index in [0.717, 1.165) is 17.0 Å². The molecule has 218 valence electrons. The number of halogens is 1. The predicted molar refractivity (Wildman–Crippen MR) is 154 cm³/mol. The number of amides is 1. The largest absolute Gasteiger partial charge is 0.462 e. The Kier molecular flexibility index (Phi) is 12.8. The van der Waals surface area contributed by atoms with Crippen LogP contribution in [0.15, 0.2) is 29.2 Å². The average Bonchev–Trinajstić information content (AvgIpc) is 3.25. The Labute approximate surface area is 241 Å². The van der Waals surface area contributed by atoms with Crippen molar-refractivity contribution in [3.8, 4) is 0 Å². The minimum Gasteiger partial charge on any atom is -0.462 e. The smallest absolute Gasteiger partial charge is 0.341 e. The average molecular weight is 604 g/mol. The molecule has 1 aliphatic heterocycles. The Hall–Kier alpha value is -2.06. The van der Waals surface area contributed by atoms with Crippen LogP contribution in [0.2, 0.25) is 0 Å². The van der Waals surface area contributed by atoms with Crippen LogP contribution in [-0.2, 0) is 37.2 Å². The molecule has 0 aliphatic carbocycles. The van der Waals surface area contributed by atoms with Crippen LogP contribution in [0.1, 0.15) is 51.9 Å². The van der Waals surface area contributed by atoms with Gasteiger partial charge in [-0.15, -0.1) is 23.7 Å². The number of carbonyl (C=O) groups is 2. The number of esters is 1. The number of anilines is 1. The van der Waals surface area contributed by atoms with Gasteiger partial charge in [0.2, 0.25) is 10.0 Å². The maximum Gasteiger partial charge on any atom is 0.341 e. The molecule has 2 heterocycles. The number of sulfonamides is 1. The zero-order chi connectivity index (χ0) is 27.9. The minimum absolute atomic E-state index is 0. The van der Waals surface area contributed by atoms with Crippen molar-refractivity contribution in [3.63, 3.8) is 0 Å². The summed E-state index contributed by atoms with van der Waals surface area (Å²) in [6, 6.07) is 6.10. The van der Waals surface area contributed by atoms with E-state index in [1.807, 2.05) is 0 Å². The van der Waals surface area contributed by atoms with Gasteiger partial charge in [0, 0.05) is 56.9 Å². The Morgan fingerprint density at radius 2 is 1.72 bits per heavy atom. The summed E-state index contributed by atoms with van der Waals surface area (Å²) in [5, 5.41) is 3.32. The molecule has 10 nitrogen and oxygen atoms in total. The molecule has 0 fully saturated rings. The fourth-order valence-electron chi connectivity index (χ4n) is 4.21. The number of carbonyl (C=O) groups excluding carboxylic acids is 2. The van der Waals surface area contributed by atoms with Crippen molar-refractivity contribution in [1.29, 1.82) is 0 Å². The molecule has 1 N–H and O–H groups in total. The Bertz CT molecular complexity index is 1210. The van der Waals surface area contributed by atoms with Gasteiger partial charge in [0.05, 0.1) is 30.3 Å². The fraction of sp³-hybridized carbons (Fsp3) is 0.538. The number of nitrogens with one attached hydrogen (secondary N) is 1. The maximum atomic E-state index is 13.1. The summed E-state index contributed by atoms with van der Waals surface area (Å²) in [7, 11) is -0.795. The number of rotatable bonds is 13. The molecule has 0 saturated carbocycles. The zero-order valence-corrected chi connectivity index (χ0v) is 25.5. The quantitative estimate of drug-likeness (QED) is 0.345. The highest BCUT2D eigenvalue weighted by atomic mass is 35.5. The number of nitrogens with zero attached hydrogens (tertiary/aromatic N) is 2. The summed E-state index contributed by atoms with van der Waals surface area (Å²) >= 11 is 1.39. The van der Waals surface area contributed by atoms with Crippen molar-refractivity contribution in [2.45, 2.75) is 44.7 Å². The van der Waals surface area contributed by atoms with Crippen molar-refractivity contribution in [3.05, 3.63) is 45.8 Å². The van der Waals surface area contributed by atoms with Gasteiger partial charge < -0.3 is 19.5 Å². The van der Waals surface area contributed by atoms with Gasteiger partial charge in [0.15, 0.2) is 0 Å². The van der Waals surface area contributed by atoms with E-state index in [-0.39, 0.29) is 55.8 Å². The summed E-state index contributed by atoms with van der Waals surface area (Å²) in [5.41, 5.74) is 1.61. The molecule has 0 bridgehead atoms. The number of benzene rings is 1. The maximum absolute atomic E-state index is 13.1. The van der Waals surface area contributed by atoms with Gasteiger partial charge in [-0.2, -0.15) is 4.31 Å². The van der Waals surface area contributed by atoms with Crippen molar-refractivity contribution in [1.82, 2.24) is 9.21 Å². The summed E-state index contributed by atoms with van der Waals surface area (Å²) in [5.74, 6) is -0.888. The van der Waals surface area contributed by atoms with Gasteiger partial charge in [-0.3, -0.25) is 9.69 Å². The molecule has 0 atom stereocenters. The predicted octanol–water partition coefficient (Wildman–Crippen LogP) is 3.65. The van der Waals surface area contributed by atoms with Crippen LogP contribution in [0.3, 0.4) is 0 Å². The molecule has 13 heteroatoms. The van der Waals surface area contributed by atoms with Gasteiger partial charge in [-0.05, 0) is 57.0 Å². The molecule has 1 aromatic heterocycles. The molecule has 0 spiro atoms. The normalized spacial score (nSPS) is 13.7. The molecule has 0 radical (unpaired) electrons. The van der Waals surface area contributed by atoms with Gasteiger partial charge in [-0.25, -0.2) is 13.2 Å². The molecule has 1 aromatic carbocycles. The third kappa shape index (κ3) is 8.00. The van der Waals surface area contributed by atoms with E-state index in [0.29, 0.717) is 29.6 Å². The lowest BCUT2D eigenvalue weighted by molar-refractivity contribution is 0.0526. The van der Waals surface area contributed by atoms with Crippen LogP contribution >= 0.6 is 23.7 Å². The summed E-state index contributed by atoms with van der Waals surface area (Å²) in [6.07, 6.45) is 0.698. The molecule has 3 rings (SSSR count). The Morgan fingerprint density at radius 1 is 1.10 bits per heavy atom. The Morgan fingerprint density at radius 3 is 2.26 bits per heavy atom. The second-order valence-electron chi connectivity index (χ2n) is 9.11. The molecule has 0 unspecified atom stereocenters. The number of fused-ring (bicyclic) bond motifs is 1. The summed E-state index contributed by atoms with van der Waals surface area (Å²) in [4.78, 5) is 29.4. The first kappa shape index (κ1) is 33.1.